The highest BCUT2D eigenvalue weighted by Crippen LogP contribution is 2.36. The molecule has 128 valence electrons. The van der Waals surface area contributed by atoms with E-state index in [1.54, 1.807) is 35.2 Å². The largest absolute Gasteiger partial charge is 0.481 e. The third kappa shape index (κ3) is 3.33. The molecule has 2 aromatic rings. The van der Waals surface area contributed by atoms with Crippen molar-refractivity contribution in [2.45, 2.75) is 19.4 Å². The summed E-state index contributed by atoms with van der Waals surface area (Å²) < 4.78 is 18.6. The van der Waals surface area contributed by atoms with Gasteiger partial charge in [-0.3, -0.25) is 9.59 Å². The van der Waals surface area contributed by atoms with Crippen LogP contribution in [-0.2, 0) is 16.1 Å². The second-order valence-electron chi connectivity index (χ2n) is 6.34. The number of halogens is 1. The molecule has 1 fully saturated rings. The maximum atomic E-state index is 13.1. The first kappa shape index (κ1) is 15.6. The lowest BCUT2D eigenvalue weighted by Crippen LogP contribution is -2.38. The highest BCUT2D eigenvalue weighted by Gasteiger charge is 2.30. The number of rotatable bonds is 4. The SMILES string of the molecule is O=C(Nc1ccc2c(c1)OCC(=O)N2Cc1ccc(F)cc1)C1CC1. The Hall–Kier alpha value is -2.89. The molecule has 0 aromatic heterocycles. The van der Waals surface area contributed by atoms with Gasteiger partial charge in [0.15, 0.2) is 6.61 Å². The maximum Gasteiger partial charge on any atom is 0.265 e. The van der Waals surface area contributed by atoms with Crippen molar-refractivity contribution in [3.63, 3.8) is 0 Å². The number of nitrogens with one attached hydrogen (secondary N) is 1. The molecule has 4 rings (SSSR count). The van der Waals surface area contributed by atoms with Gasteiger partial charge in [0.05, 0.1) is 12.2 Å². The van der Waals surface area contributed by atoms with Gasteiger partial charge in [0.25, 0.3) is 5.91 Å². The van der Waals surface area contributed by atoms with E-state index < -0.39 is 0 Å². The molecule has 1 aliphatic carbocycles. The summed E-state index contributed by atoms with van der Waals surface area (Å²) in [5, 5.41) is 2.87. The lowest BCUT2D eigenvalue weighted by Gasteiger charge is -2.29. The van der Waals surface area contributed by atoms with E-state index in [1.165, 1.54) is 12.1 Å². The minimum absolute atomic E-state index is 0.0232. The number of fused-ring (bicyclic) bond motifs is 1. The highest BCUT2D eigenvalue weighted by molar-refractivity contribution is 5.99. The van der Waals surface area contributed by atoms with Crippen LogP contribution in [0.1, 0.15) is 18.4 Å². The Morgan fingerprint density at radius 1 is 1.20 bits per heavy atom. The molecule has 1 heterocycles. The molecule has 2 amide bonds. The zero-order valence-electron chi connectivity index (χ0n) is 13.5. The molecular formula is C19H17FN2O3. The number of hydrogen-bond donors (Lipinski definition) is 1. The molecule has 0 spiro atoms. The Morgan fingerprint density at radius 3 is 2.68 bits per heavy atom. The van der Waals surface area contributed by atoms with Crippen molar-refractivity contribution in [2.75, 3.05) is 16.8 Å². The summed E-state index contributed by atoms with van der Waals surface area (Å²) in [6.07, 6.45) is 1.88. The number of carbonyl (C=O) groups is 2. The van der Waals surface area contributed by atoms with Crippen LogP contribution >= 0.6 is 0 Å². The Labute approximate surface area is 144 Å². The van der Waals surface area contributed by atoms with Gasteiger partial charge in [0, 0.05) is 17.7 Å². The van der Waals surface area contributed by atoms with Crippen LogP contribution in [0, 0.1) is 11.7 Å². The van der Waals surface area contributed by atoms with Crippen molar-refractivity contribution in [2.24, 2.45) is 5.92 Å². The summed E-state index contributed by atoms with van der Waals surface area (Å²) in [4.78, 5) is 25.7. The van der Waals surface area contributed by atoms with Gasteiger partial charge in [-0.1, -0.05) is 12.1 Å². The van der Waals surface area contributed by atoms with Crippen molar-refractivity contribution in [1.29, 1.82) is 0 Å². The summed E-state index contributed by atoms with van der Waals surface area (Å²) >= 11 is 0. The molecule has 1 N–H and O–H groups in total. The zero-order valence-corrected chi connectivity index (χ0v) is 13.5. The molecule has 0 saturated heterocycles. The van der Waals surface area contributed by atoms with Crippen molar-refractivity contribution >= 4 is 23.2 Å². The van der Waals surface area contributed by atoms with Crippen LogP contribution in [0.4, 0.5) is 15.8 Å². The molecule has 5 nitrogen and oxygen atoms in total. The molecule has 0 radical (unpaired) electrons. The minimum atomic E-state index is -0.312. The number of anilines is 2. The Bertz CT molecular complexity index is 831. The van der Waals surface area contributed by atoms with E-state index in [1.807, 2.05) is 0 Å². The van der Waals surface area contributed by atoms with Gasteiger partial charge in [-0.25, -0.2) is 4.39 Å². The molecule has 1 aliphatic heterocycles. The number of benzene rings is 2. The summed E-state index contributed by atoms with van der Waals surface area (Å²) in [6.45, 7) is 0.275. The quantitative estimate of drug-likeness (QED) is 0.930. The van der Waals surface area contributed by atoms with E-state index in [0.717, 1.165) is 18.4 Å². The van der Waals surface area contributed by atoms with Gasteiger partial charge in [-0.2, -0.15) is 0 Å². The number of amides is 2. The third-order valence-corrected chi connectivity index (χ3v) is 4.37. The van der Waals surface area contributed by atoms with E-state index in [2.05, 4.69) is 5.32 Å². The van der Waals surface area contributed by atoms with E-state index in [-0.39, 0.29) is 30.2 Å². The molecule has 0 unspecified atom stereocenters. The average molecular weight is 340 g/mol. The first-order chi connectivity index (χ1) is 12.1. The second-order valence-corrected chi connectivity index (χ2v) is 6.34. The molecule has 0 bridgehead atoms. The fraction of sp³-hybridized carbons (Fsp3) is 0.263. The van der Waals surface area contributed by atoms with Crippen molar-refractivity contribution in [1.82, 2.24) is 0 Å². The Balaban J connectivity index is 1.56. The number of nitrogens with zero attached hydrogens (tertiary/aromatic N) is 1. The van der Waals surface area contributed by atoms with Crippen LogP contribution < -0.4 is 15.0 Å². The van der Waals surface area contributed by atoms with Crippen LogP contribution in [0.15, 0.2) is 42.5 Å². The number of carbonyl (C=O) groups excluding carboxylic acids is 2. The molecule has 1 saturated carbocycles. The average Bonchev–Trinajstić information content (AvgIpc) is 3.44. The molecule has 0 atom stereocenters. The number of ether oxygens (including phenoxy) is 1. The van der Waals surface area contributed by atoms with E-state index in [0.29, 0.717) is 23.7 Å². The van der Waals surface area contributed by atoms with Crippen LogP contribution in [-0.4, -0.2) is 18.4 Å². The second kappa shape index (κ2) is 6.20. The topological polar surface area (TPSA) is 58.6 Å². The van der Waals surface area contributed by atoms with Gasteiger partial charge >= 0.3 is 0 Å². The lowest BCUT2D eigenvalue weighted by atomic mass is 10.1. The summed E-state index contributed by atoms with van der Waals surface area (Å²) in [5.41, 5.74) is 2.13. The number of hydrogen-bond acceptors (Lipinski definition) is 3. The van der Waals surface area contributed by atoms with Gasteiger partial charge in [-0.15, -0.1) is 0 Å². The standard InChI is InChI=1S/C19H17FN2O3/c20-14-5-1-12(2-6-14)10-22-16-8-7-15(21-19(24)13-3-4-13)9-17(16)25-11-18(22)23/h1-2,5-9,13H,3-4,10-11H2,(H,21,24). The summed E-state index contributed by atoms with van der Waals surface area (Å²) in [5.74, 6) is 0.221. The van der Waals surface area contributed by atoms with Gasteiger partial charge < -0.3 is 15.0 Å². The van der Waals surface area contributed by atoms with E-state index in [9.17, 15) is 14.0 Å². The minimum Gasteiger partial charge on any atom is -0.481 e. The monoisotopic (exact) mass is 340 g/mol. The van der Waals surface area contributed by atoms with E-state index in [4.69, 9.17) is 4.74 Å². The van der Waals surface area contributed by atoms with Crippen molar-refractivity contribution in [3.8, 4) is 5.75 Å². The molecule has 25 heavy (non-hydrogen) atoms. The van der Waals surface area contributed by atoms with Crippen molar-refractivity contribution in [3.05, 3.63) is 53.8 Å². The van der Waals surface area contributed by atoms with Crippen LogP contribution in [0.5, 0.6) is 5.75 Å². The lowest BCUT2D eigenvalue weighted by molar-refractivity contribution is -0.121. The van der Waals surface area contributed by atoms with Gasteiger partial charge in [-0.05, 0) is 42.7 Å². The predicted molar refractivity (Wildman–Crippen MR) is 90.9 cm³/mol. The first-order valence-electron chi connectivity index (χ1n) is 8.23. The normalized spacial score (nSPS) is 16.2. The first-order valence-corrected chi connectivity index (χ1v) is 8.23. The van der Waals surface area contributed by atoms with Crippen LogP contribution in [0.3, 0.4) is 0 Å². The van der Waals surface area contributed by atoms with Crippen molar-refractivity contribution < 1.29 is 18.7 Å². The molecule has 2 aromatic carbocycles. The molecule has 6 heteroatoms. The molecular weight excluding hydrogens is 323 g/mol. The highest BCUT2D eigenvalue weighted by atomic mass is 19.1. The van der Waals surface area contributed by atoms with E-state index >= 15 is 0 Å². The summed E-state index contributed by atoms with van der Waals surface area (Å²) in [7, 11) is 0. The maximum absolute atomic E-state index is 13.1. The zero-order chi connectivity index (χ0) is 17.4. The molecule has 2 aliphatic rings. The summed E-state index contributed by atoms with van der Waals surface area (Å²) in [6, 6.07) is 11.3. The van der Waals surface area contributed by atoms with Crippen LogP contribution in [0.2, 0.25) is 0 Å². The van der Waals surface area contributed by atoms with Gasteiger partial charge in [0.1, 0.15) is 11.6 Å². The van der Waals surface area contributed by atoms with Gasteiger partial charge in [0.2, 0.25) is 5.91 Å². The smallest absolute Gasteiger partial charge is 0.265 e. The van der Waals surface area contributed by atoms with Crippen LogP contribution in [0.25, 0.3) is 0 Å². The fourth-order valence-electron chi connectivity index (χ4n) is 2.82. The predicted octanol–water partition coefficient (Wildman–Crippen LogP) is 3.10. The fourth-order valence-corrected chi connectivity index (χ4v) is 2.82. The Kier molecular flexibility index (Phi) is 3.87. The third-order valence-electron chi connectivity index (χ3n) is 4.37. The Morgan fingerprint density at radius 2 is 1.96 bits per heavy atom.